The third-order valence-electron chi connectivity index (χ3n) is 8.56. The van der Waals surface area contributed by atoms with Crippen LogP contribution in [0.2, 0.25) is 0 Å². The first-order chi connectivity index (χ1) is 24.6. The summed E-state index contributed by atoms with van der Waals surface area (Å²) in [7, 11) is -4.73. The third-order valence-corrected chi connectivity index (χ3v) is 9.51. The molecule has 0 bridgehead atoms. The summed E-state index contributed by atoms with van der Waals surface area (Å²) in [5, 5.41) is 8.85. The maximum absolute atomic E-state index is 12.5. The van der Waals surface area contributed by atoms with Gasteiger partial charge in [0.15, 0.2) is 6.10 Å². The molecule has 0 amide bonds. The molecule has 4 N–H and O–H groups in total. The second-order valence-corrected chi connectivity index (χ2v) is 15.0. The minimum absolute atomic E-state index is 0.206. The van der Waals surface area contributed by atoms with E-state index in [2.05, 4.69) is 18.4 Å². The summed E-state index contributed by atoms with van der Waals surface area (Å²) in [6.07, 6.45) is 34.5. The fourth-order valence-electron chi connectivity index (χ4n) is 5.38. The molecule has 0 saturated carbocycles. The second-order valence-electron chi connectivity index (χ2n) is 13.5. The van der Waals surface area contributed by atoms with Crippen LogP contribution in [0.25, 0.3) is 0 Å². The van der Waals surface area contributed by atoms with Gasteiger partial charge in [0.25, 0.3) is 0 Å². The molecule has 0 aromatic heterocycles. The highest BCUT2D eigenvalue weighted by molar-refractivity contribution is 7.47. The molecule has 0 saturated heterocycles. The van der Waals surface area contributed by atoms with E-state index in [1.54, 1.807) is 12.2 Å². The molecule has 1 unspecified atom stereocenters. The highest BCUT2D eigenvalue weighted by atomic mass is 31.2. The second kappa shape index (κ2) is 35.0. The van der Waals surface area contributed by atoms with Crippen molar-refractivity contribution in [3.63, 3.8) is 0 Å². The molecule has 0 rings (SSSR count). The standard InChI is InChI=1S/C39H72NO10P/c1-3-5-7-9-11-13-15-17-18-19-21-23-25-27-29-31-38(42)50-35(33-48-51(45,46)49-34-36(40)39(43)44)32-47-37(41)30-28-26-24-22-20-16-14-12-10-8-6-4-2/h25,27,29,31,35-36H,3-24,26,28,30,32-34,40H2,1-2H3,(H,43,44)(H,45,46)/b27-25+,31-29+/t35-,36+/m1/s1. The molecule has 0 heterocycles. The number of nitrogens with two attached hydrogens (primary N) is 1. The predicted molar refractivity (Wildman–Crippen MR) is 203 cm³/mol. The van der Waals surface area contributed by atoms with Gasteiger partial charge in [-0.2, -0.15) is 0 Å². The van der Waals surface area contributed by atoms with Gasteiger partial charge in [-0.15, -0.1) is 0 Å². The van der Waals surface area contributed by atoms with E-state index in [1.165, 1.54) is 122 Å². The van der Waals surface area contributed by atoms with Gasteiger partial charge >= 0.3 is 25.7 Å². The van der Waals surface area contributed by atoms with Crippen molar-refractivity contribution >= 4 is 25.7 Å². The Morgan fingerprint density at radius 1 is 0.647 bits per heavy atom. The molecule has 0 fully saturated rings. The van der Waals surface area contributed by atoms with E-state index in [9.17, 15) is 23.8 Å². The number of ether oxygens (including phenoxy) is 2. The van der Waals surface area contributed by atoms with E-state index in [0.29, 0.717) is 6.42 Å². The Bertz CT molecular complexity index is 974. The normalized spacial score (nSPS) is 14.1. The summed E-state index contributed by atoms with van der Waals surface area (Å²) >= 11 is 0. The van der Waals surface area contributed by atoms with Crippen molar-refractivity contribution in [2.24, 2.45) is 5.73 Å². The first kappa shape index (κ1) is 49.0. The van der Waals surface area contributed by atoms with Crippen molar-refractivity contribution in [1.29, 1.82) is 0 Å². The van der Waals surface area contributed by atoms with E-state index in [-0.39, 0.29) is 13.0 Å². The molecule has 0 aliphatic carbocycles. The van der Waals surface area contributed by atoms with Gasteiger partial charge in [0.2, 0.25) is 0 Å². The smallest absolute Gasteiger partial charge is 0.472 e. The van der Waals surface area contributed by atoms with E-state index in [1.807, 2.05) is 6.08 Å². The first-order valence-electron chi connectivity index (χ1n) is 19.9. The lowest BCUT2D eigenvalue weighted by Crippen LogP contribution is -2.34. The van der Waals surface area contributed by atoms with Gasteiger partial charge in [-0.05, 0) is 19.3 Å². The van der Waals surface area contributed by atoms with Crippen molar-refractivity contribution in [2.45, 2.75) is 187 Å². The van der Waals surface area contributed by atoms with Crippen molar-refractivity contribution < 1.29 is 47.5 Å². The minimum Gasteiger partial charge on any atom is -0.480 e. The Balaban J connectivity index is 4.52. The third kappa shape index (κ3) is 34.8. The number of esters is 2. The van der Waals surface area contributed by atoms with Crippen LogP contribution in [0.3, 0.4) is 0 Å². The Labute approximate surface area is 309 Å². The maximum atomic E-state index is 12.5. The molecule has 0 radical (unpaired) electrons. The Hall–Kier alpha value is -2.04. The van der Waals surface area contributed by atoms with Gasteiger partial charge < -0.3 is 25.2 Å². The van der Waals surface area contributed by atoms with E-state index in [4.69, 9.17) is 24.8 Å². The zero-order valence-electron chi connectivity index (χ0n) is 31.9. The van der Waals surface area contributed by atoms with Crippen LogP contribution in [0.4, 0.5) is 0 Å². The number of phosphoric acid groups is 1. The molecule has 3 atom stereocenters. The van der Waals surface area contributed by atoms with E-state index >= 15 is 0 Å². The van der Waals surface area contributed by atoms with E-state index < -0.39 is 51.1 Å². The van der Waals surface area contributed by atoms with Crippen LogP contribution in [-0.4, -0.2) is 59.9 Å². The van der Waals surface area contributed by atoms with Gasteiger partial charge in [0, 0.05) is 12.5 Å². The fourth-order valence-corrected chi connectivity index (χ4v) is 6.16. The molecular formula is C39H72NO10P. The van der Waals surface area contributed by atoms with Gasteiger partial charge in [0.05, 0.1) is 13.2 Å². The number of carbonyl (C=O) groups is 3. The summed E-state index contributed by atoms with van der Waals surface area (Å²) in [6.45, 7) is 2.68. The summed E-state index contributed by atoms with van der Waals surface area (Å²) in [5.41, 5.74) is 5.31. The molecular weight excluding hydrogens is 673 g/mol. The van der Waals surface area contributed by atoms with Crippen molar-refractivity contribution in [3.8, 4) is 0 Å². The number of rotatable bonds is 37. The zero-order valence-corrected chi connectivity index (χ0v) is 32.8. The average molecular weight is 746 g/mol. The predicted octanol–water partition coefficient (Wildman–Crippen LogP) is 9.89. The Morgan fingerprint density at radius 2 is 1.10 bits per heavy atom. The number of allylic oxidation sites excluding steroid dienone is 3. The quantitative estimate of drug-likeness (QED) is 0.0182. The summed E-state index contributed by atoms with van der Waals surface area (Å²) < 4.78 is 32.4. The monoisotopic (exact) mass is 745 g/mol. The molecule has 0 aliphatic rings. The Kier molecular flexibility index (Phi) is 33.6. The number of carboxylic acids is 1. The van der Waals surface area contributed by atoms with Gasteiger partial charge in [0.1, 0.15) is 12.6 Å². The highest BCUT2D eigenvalue weighted by Gasteiger charge is 2.27. The van der Waals surface area contributed by atoms with Crippen LogP contribution >= 0.6 is 7.82 Å². The van der Waals surface area contributed by atoms with Crippen molar-refractivity contribution in [3.05, 3.63) is 24.3 Å². The fraction of sp³-hybridized carbons (Fsp3) is 0.821. The number of aliphatic carboxylic acids is 1. The first-order valence-corrected chi connectivity index (χ1v) is 21.4. The van der Waals surface area contributed by atoms with Crippen LogP contribution in [0.5, 0.6) is 0 Å². The van der Waals surface area contributed by atoms with Gasteiger partial charge in [-0.25, -0.2) is 9.36 Å². The summed E-state index contributed by atoms with van der Waals surface area (Å²) in [5.74, 6) is -2.64. The average Bonchev–Trinajstić information content (AvgIpc) is 3.10. The van der Waals surface area contributed by atoms with Crippen molar-refractivity contribution in [1.82, 2.24) is 0 Å². The number of hydrogen-bond acceptors (Lipinski definition) is 9. The van der Waals surface area contributed by atoms with Crippen LogP contribution < -0.4 is 5.73 Å². The lowest BCUT2D eigenvalue weighted by Gasteiger charge is -2.19. The lowest BCUT2D eigenvalue weighted by atomic mass is 10.0. The maximum Gasteiger partial charge on any atom is 0.472 e. The Morgan fingerprint density at radius 3 is 1.59 bits per heavy atom. The SMILES string of the molecule is CCCCCCCCCCCCC/C=C/C=C/C(=O)O[C@H](COC(=O)CCCCCCCCCCCCCC)COP(=O)(O)OC[C@H](N)C(=O)O. The van der Waals surface area contributed by atoms with Crippen molar-refractivity contribution in [2.75, 3.05) is 19.8 Å². The van der Waals surface area contributed by atoms with Crippen LogP contribution in [0.15, 0.2) is 24.3 Å². The minimum atomic E-state index is -4.73. The highest BCUT2D eigenvalue weighted by Crippen LogP contribution is 2.43. The van der Waals surface area contributed by atoms with Crippen LogP contribution in [0.1, 0.15) is 174 Å². The van der Waals surface area contributed by atoms with Gasteiger partial charge in [-0.3, -0.25) is 18.6 Å². The van der Waals surface area contributed by atoms with Crippen LogP contribution in [-0.2, 0) is 37.5 Å². The topological polar surface area (TPSA) is 172 Å². The summed E-state index contributed by atoms with van der Waals surface area (Å²) in [4.78, 5) is 45.6. The van der Waals surface area contributed by atoms with Gasteiger partial charge in [-0.1, -0.05) is 167 Å². The lowest BCUT2D eigenvalue weighted by molar-refractivity contribution is -0.157. The zero-order chi connectivity index (χ0) is 37.8. The molecule has 12 heteroatoms. The largest absolute Gasteiger partial charge is 0.480 e. The van der Waals surface area contributed by atoms with E-state index in [0.717, 1.165) is 32.1 Å². The number of carboxylic acid groups (broad SMARTS) is 1. The van der Waals surface area contributed by atoms with Crippen LogP contribution in [0, 0.1) is 0 Å². The number of hydrogen-bond donors (Lipinski definition) is 3. The molecule has 11 nitrogen and oxygen atoms in total. The molecule has 0 aliphatic heterocycles. The summed E-state index contributed by atoms with van der Waals surface area (Å²) in [6, 6.07) is -1.53. The molecule has 51 heavy (non-hydrogen) atoms. The number of unbranched alkanes of at least 4 members (excludes halogenated alkanes) is 22. The number of phosphoric ester groups is 1. The molecule has 0 aromatic rings. The molecule has 0 aromatic carbocycles. The molecule has 0 spiro atoms. The number of carbonyl (C=O) groups excluding carboxylic acids is 2. The molecule has 298 valence electrons.